The number of halogens is 1. The van der Waals surface area contributed by atoms with Gasteiger partial charge in [0.1, 0.15) is 10.0 Å². The number of rotatable bonds is 3. The maximum atomic E-state index is 11.3. The minimum atomic E-state index is -0.0713. The summed E-state index contributed by atoms with van der Waals surface area (Å²) in [6.07, 6.45) is 6.70. The lowest BCUT2D eigenvalue weighted by molar-refractivity contribution is 0.443. The molecule has 0 atom stereocenters. The Morgan fingerprint density at radius 2 is 1.75 bits per heavy atom. The molecule has 1 aliphatic carbocycles. The summed E-state index contributed by atoms with van der Waals surface area (Å²) in [5.41, 5.74) is 2.42. The van der Waals surface area contributed by atoms with Gasteiger partial charge in [0, 0.05) is 5.69 Å². The highest BCUT2D eigenvalue weighted by molar-refractivity contribution is 7.70. The molecule has 5 heteroatoms. The number of benzene rings is 1. The Balaban J connectivity index is 1.72. The van der Waals surface area contributed by atoms with Crippen LogP contribution >= 0.6 is 32.3 Å². The van der Waals surface area contributed by atoms with Gasteiger partial charge in [0.05, 0.1) is 0 Å². The van der Waals surface area contributed by atoms with Crippen LogP contribution in [0.5, 0.6) is 0 Å². The predicted molar refractivity (Wildman–Crippen MR) is 89.0 cm³/mol. The summed E-state index contributed by atoms with van der Waals surface area (Å²) in [6.45, 7) is 0. The second-order valence-electron chi connectivity index (χ2n) is 5.18. The van der Waals surface area contributed by atoms with Gasteiger partial charge in [-0.2, -0.15) is 0 Å². The van der Waals surface area contributed by atoms with E-state index in [9.17, 15) is 4.79 Å². The fourth-order valence-corrected chi connectivity index (χ4v) is 5.11. The van der Waals surface area contributed by atoms with Crippen LogP contribution in [0.2, 0.25) is 5.02 Å². The molecular weight excluding hydrogens is 310 g/mol. The van der Waals surface area contributed by atoms with E-state index >= 15 is 0 Å². The van der Waals surface area contributed by atoms with Gasteiger partial charge >= 0.3 is 0 Å². The van der Waals surface area contributed by atoms with E-state index in [1.807, 2.05) is 0 Å². The number of nitrogens with one attached hydrogen (secondary N) is 1. The Morgan fingerprint density at radius 3 is 2.35 bits per heavy atom. The van der Waals surface area contributed by atoms with Gasteiger partial charge in [0.2, 0.25) is 0 Å². The van der Waals surface area contributed by atoms with Crippen molar-refractivity contribution < 1.29 is 0 Å². The third kappa shape index (κ3) is 3.08. The highest BCUT2D eigenvalue weighted by Crippen LogP contribution is 2.34. The smallest absolute Gasteiger partial charge is 0.263 e. The van der Waals surface area contributed by atoms with E-state index in [4.69, 9.17) is 11.6 Å². The molecule has 1 aromatic heterocycles. The first kappa shape index (κ1) is 14.1. The lowest BCUT2D eigenvalue weighted by Gasteiger charge is -2.22. The van der Waals surface area contributed by atoms with Crippen molar-refractivity contribution in [2.75, 3.05) is 5.32 Å². The zero-order chi connectivity index (χ0) is 13.9. The summed E-state index contributed by atoms with van der Waals surface area (Å²) < 4.78 is -0.0713. The third-order valence-electron chi connectivity index (χ3n) is 3.82. The lowest BCUT2D eigenvalue weighted by Crippen LogP contribution is -2.04. The average molecular weight is 326 g/mol. The molecule has 0 unspecified atom stereocenters. The molecule has 106 valence electrons. The molecular formula is C15H16ClNOS2. The first-order valence-electron chi connectivity index (χ1n) is 6.89. The van der Waals surface area contributed by atoms with Crippen molar-refractivity contribution in [3.8, 4) is 0 Å². The second kappa shape index (κ2) is 6.29. The van der Waals surface area contributed by atoms with Crippen LogP contribution in [0.15, 0.2) is 29.1 Å². The standard InChI is InChI=1S/C15H16ClNOS2/c16-13-14(19-20-15(13)18)17-12-8-6-11(7-9-12)10-4-2-1-3-5-10/h6-10,17H,1-5H2. The fraction of sp³-hybridized carbons (Fsp3) is 0.400. The first-order valence-corrected chi connectivity index (χ1v) is 9.42. The first-order chi connectivity index (χ1) is 9.74. The van der Waals surface area contributed by atoms with Crippen molar-refractivity contribution in [2.45, 2.75) is 38.0 Å². The van der Waals surface area contributed by atoms with Crippen molar-refractivity contribution >= 4 is 43.0 Å². The van der Waals surface area contributed by atoms with E-state index in [-0.39, 0.29) is 4.74 Å². The summed E-state index contributed by atoms with van der Waals surface area (Å²) in [5.74, 6) is 0.721. The Labute approximate surface area is 130 Å². The fourth-order valence-electron chi connectivity index (χ4n) is 2.73. The molecule has 1 heterocycles. The maximum absolute atomic E-state index is 11.3. The van der Waals surface area contributed by atoms with Crippen molar-refractivity contribution in [2.24, 2.45) is 0 Å². The zero-order valence-electron chi connectivity index (χ0n) is 11.0. The Hall–Kier alpha value is -0.840. The molecule has 1 fully saturated rings. The Kier molecular flexibility index (Phi) is 4.44. The van der Waals surface area contributed by atoms with E-state index < -0.39 is 0 Å². The topological polar surface area (TPSA) is 29.1 Å². The molecule has 20 heavy (non-hydrogen) atoms. The molecule has 2 aromatic rings. The van der Waals surface area contributed by atoms with Crippen LogP contribution in [0.3, 0.4) is 0 Å². The minimum absolute atomic E-state index is 0.0713. The molecule has 2 nitrogen and oxygen atoms in total. The van der Waals surface area contributed by atoms with Gasteiger partial charge in [0.25, 0.3) is 4.74 Å². The highest BCUT2D eigenvalue weighted by atomic mass is 35.5. The van der Waals surface area contributed by atoms with Crippen molar-refractivity contribution in [1.82, 2.24) is 0 Å². The van der Waals surface area contributed by atoms with Crippen LogP contribution in [-0.2, 0) is 0 Å². The molecule has 1 N–H and O–H groups in total. The van der Waals surface area contributed by atoms with E-state index in [1.54, 1.807) is 0 Å². The van der Waals surface area contributed by atoms with Crippen LogP contribution < -0.4 is 10.1 Å². The van der Waals surface area contributed by atoms with Gasteiger partial charge in [-0.3, -0.25) is 4.79 Å². The van der Waals surface area contributed by atoms with Crippen LogP contribution in [0.4, 0.5) is 10.7 Å². The summed E-state index contributed by atoms with van der Waals surface area (Å²) in [4.78, 5) is 11.3. The highest BCUT2D eigenvalue weighted by Gasteiger charge is 2.15. The Bertz CT molecular complexity index is 626. The zero-order valence-corrected chi connectivity index (χ0v) is 13.4. The molecule has 0 aliphatic heterocycles. The SMILES string of the molecule is O=c1ssc(Nc2ccc(C3CCCCC3)cc2)c1Cl. The van der Waals surface area contributed by atoms with Gasteiger partial charge in [-0.05, 0) is 46.8 Å². The third-order valence-corrected chi connectivity index (χ3v) is 6.52. The van der Waals surface area contributed by atoms with Gasteiger partial charge in [-0.15, -0.1) is 0 Å². The molecule has 0 radical (unpaired) electrons. The monoisotopic (exact) mass is 325 g/mol. The van der Waals surface area contributed by atoms with Gasteiger partial charge < -0.3 is 5.32 Å². The molecule has 3 rings (SSSR count). The van der Waals surface area contributed by atoms with E-state index in [2.05, 4.69) is 29.6 Å². The van der Waals surface area contributed by atoms with Gasteiger partial charge in [-0.25, -0.2) is 0 Å². The summed E-state index contributed by atoms with van der Waals surface area (Å²) in [5, 5.41) is 4.27. The largest absolute Gasteiger partial charge is 0.345 e. The number of anilines is 2. The van der Waals surface area contributed by atoms with Crippen molar-refractivity contribution in [3.05, 3.63) is 44.4 Å². The quantitative estimate of drug-likeness (QED) is 0.742. The number of hydrogen-bond acceptors (Lipinski definition) is 4. The molecule has 0 saturated heterocycles. The lowest BCUT2D eigenvalue weighted by atomic mass is 9.84. The number of hydrogen-bond donors (Lipinski definition) is 1. The molecule has 0 spiro atoms. The predicted octanol–water partition coefficient (Wildman–Crippen LogP) is 5.61. The normalized spacial score (nSPS) is 16.2. The van der Waals surface area contributed by atoms with Crippen LogP contribution in [0.1, 0.15) is 43.6 Å². The molecule has 0 bridgehead atoms. The average Bonchev–Trinajstić information content (AvgIpc) is 2.81. The molecule has 0 amide bonds. The summed E-state index contributed by atoms with van der Waals surface area (Å²) >= 11 is 5.96. The van der Waals surface area contributed by atoms with E-state index in [0.29, 0.717) is 5.02 Å². The molecule has 1 saturated carbocycles. The summed E-state index contributed by atoms with van der Waals surface area (Å²) in [7, 11) is 2.56. The Morgan fingerprint density at radius 1 is 1.05 bits per heavy atom. The minimum Gasteiger partial charge on any atom is -0.345 e. The van der Waals surface area contributed by atoms with Gasteiger partial charge in [0.15, 0.2) is 0 Å². The molecule has 1 aliphatic rings. The van der Waals surface area contributed by atoms with E-state index in [1.165, 1.54) is 58.3 Å². The van der Waals surface area contributed by atoms with E-state index in [0.717, 1.165) is 16.6 Å². The second-order valence-corrected chi connectivity index (χ2v) is 7.67. The van der Waals surface area contributed by atoms with Crippen molar-refractivity contribution in [3.63, 3.8) is 0 Å². The van der Waals surface area contributed by atoms with Crippen molar-refractivity contribution in [1.29, 1.82) is 0 Å². The van der Waals surface area contributed by atoms with Crippen LogP contribution in [0.25, 0.3) is 0 Å². The maximum Gasteiger partial charge on any atom is 0.263 e. The molecule has 1 aromatic carbocycles. The van der Waals surface area contributed by atoms with Crippen LogP contribution in [0, 0.1) is 0 Å². The van der Waals surface area contributed by atoms with Gasteiger partial charge in [-0.1, -0.05) is 53.3 Å². The van der Waals surface area contributed by atoms with Crippen LogP contribution in [-0.4, -0.2) is 0 Å². The summed E-state index contributed by atoms with van der Waals surface area (Å²) in [6, 6.07) is 8.55.